The van der Waals surface area contributed by atoms with Gasteiger partial charge in [0.05, 0.1) is 5.56 Å². The number of carbonyl (C=O) groups is 2. The van der Waals surface area contributed by atoms with Crippen molar-refractivity contribution in [3.8, 4) is 0 Å². The second-order valence-electron chi connectivity index (χ2n) is 4.46. The van der Waals surface area contributed by atoms with Crippen LogP contribution < -0.4 is 5.32 Å². The summed E-state index contributed by atoms with van der Waals surface area (Å²) >= 11 is 0. The summed E-state index contributed by atoms with van der Waals surface area (Å²) in [5.74, 6) is -0.810. The zero-order valence-electron chi connectivity index (χ0n) is 12.1. The summed E-state index contributed by atoms with van der Waals surface area (Å²) in [7, 11) is 0. The van der Waals surface area contributed by atoms with E-state index < -0.39 is 5.97 Å². The molecule has 5 heteroatoms. The van der Waals surface area contributed by atoms with E-state index in [2.05, 4.69) is 5.32 Å². The minimum atomic E-state index is -0.929. The van der Waals surface area contributed by atoms with Gasteiger partial charge in [0.15, 0.2) is 0 Å². The Labute approximate surface area is 119 Å². The summed E-state index contributed by atoms with van der Waals surface area (Å²) < 4.78 is 0. The van der Waals surface area contributed by atoms with Crippen LogP contribution in [0.5, 0.6) is 0 Å². The Hall–Kier alpha value is -1.88. The SMILES string of the molecule is CCN(CC)C(=O)CCNCc1ccccc1C(=O)O. The highest BCUT2D eigenvalue weighted by Crippen LogP contribution is 2.08. The van der Waals surface area contributed by atoms with E-state index in [1.54, 1.807) is 23.1 Å². The molecule has 0 aliphatic heterocycles. The molecular formula is C15H22N2O3. The third-order valence-electron chi connectivity index (χ3n) is 3.20. The van der Waals surface area contributed by atoms with E-state index in [9.17, 15) is 9.59 Å². The fourth-order valence-electron chi connectivity index (χ4n) is 2.04. The molecule has 1 amide bonds. The fraction of sp³-hybridized carbons (Fsp3) is 0.467. The topological polar surface area (TPSA) is 69.6 Å². The quantitative estimate of drug-likeness (QED) is 0.711. The molecule has 0 aliphatic rings. The van der Waals surface area contributed by atoms with E-state index in [1.807, 2.05) is 19.9 Å². The highest BCUT2D eigenvalue weighted by atomic mass is 16.4. The van der Waals surface area contributed by atoms with Crippen LogP contribution in [0.15, 0.2) is 24.3 Å². The molecule has 110 valence electrons. The summed E-state index contributed by atoms with van der Waals surface area (Å²) in [4.78, 5) is 24.6. The molecule has 1 aromatic carbocycles. The van der Waals surface area contributed by atoms with Gasteiger partial charge in [-0.2, -0.15) is 0 Å². The first-order valence-corrected chi connectivity index (χ1v) is 6.89. The molecule has 0 aliphatic carbocycles. The number of benzene rings is 1. The smallest absolute Gasteiger partial charge is 0.336 e. The van der Waals surface area contributed by atoms with Crippen LogP contribution in [0.4, 0.5) is 0 Å². The lowest BCUT2D eigenvalue weighted by atomic mass is 10.1. The number of aromatic carboxylic acids is 1. The average molecular weight is 278 g/mol. The van der Waals surface area contributed by atoms with Gasteiger partial charge >= 0.3 is 5.97 Å². The molecule has 0 bridgehead atoms. The third-order valence-corrected chi connectivity index (χ3v) is 3.20. The van der Waals surface area contributed by atoms with E-state index in [4.69, 9.17) is 5.11 Å². The number of hydrogen-bond donors (Lipinski definition) is 2. The number of carboxylic acids is 1. The Morgan fingerprint density at radius 2 is 1.85 bits per heavy atom. The van der Waals surface area contributed by atoms with Crippen LogP contribution in [0, 0.1) is 0 Å². The maximum atomic E-state index is 11.8. The van der Waals surface area contributed by atoms with Gasteiger partial charge in [-0.15, -0.1) is 0 Å². The minimum absolute atomic E-state index is 0.119. The Kier molecular flexibility index (Phi) is 6.73. The number of nitrogens with one attached hydrogen (secondary N) is 1. The van der Waals surface area contributed by atoms with Gasteiger partial charge in [0.1, 0.15) is 0 Å². The van der Waals surface area contributed by atoms with Gasteiger partial charge in [-0.25, -0.2) is 4.79 Å². The van der Waals surface area contributed by atoms with Crippen molar-refractivity contribution >= 4 is 11.9 Å². The van der Waals surface area contributed by atoms with E-state index in [0.29, 0.717) is 25.1 Å². The van der Waals surface area contributed by atoms with Crippen molar-refractivity contribution in [2.45, 2.75) is 26.8 Å². The molecule has 1 rings (SSSR count). The van der Waals surface area contributed by atoms with Crippen LogP contribution in [0.1, 0.15) is 36.2 Å². The Bertz CT molecular complexity index is 456. The van der Waals surface area contributed by atoms with Gasteiger partial charge in [0, 0.05) is 32.6 Å². The number of carbonyl (C=O) groups excluding carboxylic acids is 1. The molecule has 0 radical (unpaired) electrons. The third kappa shape index (κ3) is 4.66. The molecule has 0 spiro atoms. The average Bonchev–Trinajstić information content (AvgIpc) is 2.45. The summed E-state index contributed by atoms with van der Waals surface area (Å²) in [6.45, 7) is 6.35. The molecule has 1 aromatic rings. The molecule has 20 heavy (non-hydrogen) atoms. The Morgan fingerprint density at radius 3 is 2.45 bits per heavy atom. The van der Waals surface area contributed by atoms with Crippen LogP contribution in [-0.2, 0) is 11.3 Å². The standard InChI is InChI=1S/C15H22N2O3/c1-3-17(4-2)14(18)9-10-16-11-12-7-5-6-8-13(12)15(19)20/h5-8,16H,3-4,9-11H2,1-2H3,(H,19,20). The molecule has 0 fully saturated rings. The van der Waals surface area contributed by atoms with Gasteiger partial charge in [0.25, 0.3) is 0 Å². The summed E-state index contributed by atoms with van der Waals surface area (Å²) in [5, 5.41) is 12.2. The van der Waals surface area contributed by atoms with Gasteiger partial charge in [-0.05, 0) is 25.5 Å². The zero-order valence-corrected chi connectivity index (χ0v) is 12.1. The second-order valence-corrected chi connectivity index (χ2v) is 4.46. The first kappa shape index (κ1) is 16.2. The molecule has 0 heterocycles. The van der Waals surface area contributed by atoms with Gasteiger partial charge in [-0.1, -0.05) is 18.2 Å². The van der Waals surface area contributed by atoms with Crippen LogP contribution in [0.3, 0.4) is 0 Å². The number of rotatable bonds is 8. The van der Waals surface area contributed by atoms with E-state index in [1.165, 1.54) is 0 Å². The maximum Gasteiger partial charge on any atom is 0.336 e. The van der Waals surface area contributed by atoms with Crippen LogP contribution in [0.2, 0.25) is 0 Å². The van der Waals surface area contributed by atoms with Gasteiger partial charge in [0.2, 0.25) is 5.91 Å². The summed E-state index contributed by atoms with van der Waals surface area (Å²) in [5.41, 5.74) is 1.03. The van der Waals surface area contributed by atoms with Gasteiger partial charge in [-0.3, -0.25) is 4.79 Å². The van der Waals surface area contributed by atoms with Crippen LogP contribution >= 0.6 is 0 Å². The Balaban J connectivity index is 2.42. The minimum Gasteiger partial charge on any atom is -0.478 e. The van der Waals surface area contributed by atoms with E-state index in [0.717, 1.165) is 18.7 Å². The molecular weight excluding hydrogens is 256 g/mol. The van der Waals surface area contributed by atoms with Crippen LogP contribution in [0.25, 0.3) is 0 Å². The predicted molar refractivity (Wildman–Crippen MR) is 77.7 cm³/mol. The first-order chi connectivity index (χ1) is 9.60. The van der Waals surface area contributed by atoms with Crippen molar-refractivity contribution in [3.05, 3.63) is 35.4 Å². The molecule has 5 nitrogen and oxygen atoms in total. The lowest BCUT2D eigenvalue weighted by Crippen LogP contribution is -2.32. The van der Waals surface area contributed by atoms with E-state index >= 15 is 0 Å². The van der Waals surface area contributed by atoms with Crippen molar-refractivity contribution in [1.82, 2.24) is 10.2 Å². The number of carboxylic acid groups (broad SMARTS) is 1. The monoisotopic (exact) mass is 278 g/mol. The number of hydrogen-bond acceptors (Lipinski definition) is 3. The van der Waals surface area contributed by atoms with Crippen LogP contribution in [-0.4, -0.2) is 41.5 Å². The maximum absolute atomic E-state index is 11.8. The zero-order chi connectivity index (χ0) is 15.0. The van der Waals surface area contributed by atoms with E-state index in [-0.39, 0.29) is 5.91 Å². The molecule has 2 N–H and O–H groups in total. The highest BCUT2D eigenvalue weighted by Gasteiger charge is 2.10. The summed E-state index contributed by atoms with van der Waals surface area (Å²) in [6, 6.07) is 6.88. The fourth-order valence-corrected chi connectivity index (χ4v) is 2.04. The lowest BCUT2D eigenvalue weighted by molar-refractivity contribution is -0.130. The largest absolute Gasteiger partial charge is 0.478 e. The molecule has 0 atom stereocenters. The molecule has 0 saturated heterocycles. The summed E-state index contributed by atoms with van der Waals surface area (Å²) in [6.07, 6.45) is 0.427. The highest BCUT2D eigenvalue weighted by molar-refractivity contribution is 5.89. The van der Waals surface area contributed by atoms with Crippen molar-refractivity contribution in [3.63, 3.8) is 0 Å². The number of amides is 1. The van der Waals surface area contributed by atoms with Crippen molar-refractivity contribution in [1.29, 1.82) is 0 Å². The van der Waals surface area contributed by atoms with Crippen molar-refractivity contribution in [2.75, 3.05) is 19.6 Å². The molecule has 0 unspecified atom stereocenters. The second kappa shape index (κ2) is 8.32. The lowest BCUT2D eigenvalue weighted by Gasteiger charge is -2.18. The van der Waals surface area contributed by atoms with Gasteiger partial charge < -0.3 is 15.3 Å². The Morgan fingerprint density at radius 1 is 1.20 bits per heavy atom. The first-order valence-electron chi connectivity index (χ1n) is 6.89. The van der Waals surface area contributed by atoms with Crippen molar-refractivity contribution in [2.24, 2.45) is 0 Å². The number of nitrogens with zero attached hydrogens (tertiary/aromatic N) is 1. The van der Waals surface area contributed by atoms with Crippen molar-refractivity contribution < 1.29 is 14.7 Å². The normalized spacial score (nSPS) is 10.3. The molecule has 0 aromatic heterocycles. The molecule has 0 saturated carbocycles. The predicted octanol–water partition coefficient (Wildman–Crippen LogP) is 1.73.